The van der Waals surface area contributed by atoms with Crippen molar-refractivity contribution in [1.29, 1.82) is 0 Å². The number of quaternary nitrogens is 1. The van der Waals surface area contributed by atoms with Crippen molar-refractivity contribution in [1.82, 2.24) is 25.0 Å². The second-order valence-electron chi connectivity index (χ2n) is 8.47. The highest BCUT2D eigenvalue weighted by atomic mass is 16.2. The Balaban J connectivity index is 2.03. The zero-order valence-corrected chi connectivity index (χ0v) is 21.3. The highest BCUT2D eigenvalue weighted by Gasteiger charge is 2.37. The molecule has 1 aromatic heterocycles. The van der Waals surface area contributed by atoms with E-state index in [2.05, 4.69) is 40.2 Å². The highest BCUT2D eigenvalue weighted by Crippen LogP contribution is 2.21. The predicted octanol–water partition coefficient (Wildman–Crippen LogP) is -0.766. The number of pyridine rings is 1. The van der Waals surface area contributed by atoms with Crippen molar-refractivity contribution < 1.29 is 9.69 Å². The number of carbonyl (C=O) groups excluding carboxylic acids is 1. The summed E-state index contributed by atoms with van der Waals surface area (Å²) in [5, 5.41) is 5.37. The van der Waals surface area contributed by atoms with Gasteiger partial charge in [0.1, 0.15) is 18.1 Å². The van der Waals surface area contributed by atoms with Crippen LogP contribution in [-0.4, -0.2) is 78.7 Å². The maximum Gasteiger partial charge on any atom is 0.370 e. The molecule has 8 heteroatoms. The molecule has 0 spiro atoms. The van der Waals surface area contributed by atoms with Crippen LogP contribution in [0, 0.1) is 11.8 Å². The number of carbonyl (C=O) groups is 1. The summed E-state index contributed by atoms with van der Waals surface area (Å²) in [6.07, 6.45) is 9.14. The molecule has 1 amide bonds. The Kier molecular flexibility index (Phi) is 9.01. The van der Waals surface area contributed by atoms with E-state index in [0.717, 1.165) is 48.1 Å². The van der Waals surface area contributed by atoms with E-state index in [4.69, 9.17) is 4.99 Å². The monoisotopic (exact) mass is 474 g/mol. The molecule has 1 unspecified atom stereocenters. The number of aliphatic imine (C=N–C) groups is 1. The number of hydrogen-bond acceptors (Lipinski definition) is 7. The predicted molar refractivity (Wildman–Crippen MR) is 141 cm³/mol. The van der Waals surface area contributed by atoms with Gasteiger partial charge >= 0.3 is 5.91 Å². The van der Waals surface area contributed by atoms with Crippen molar-refractivity contribution in [2.45, 2.75) is 20.4 Å². The maximum absolute atomic E-state index is 14.0. The maximum atomic E-state index is 14.0. The second-order valence-corrected chi connectivity index (χ2v) is 8.47. The number of nitrogens with one attached hydrogen (secondary N) is 2. The Morgan fingerprint density at radius 3 is 2.71 bits per heavy atom. The van der Waals surface area contributed by atoms with Crippen LogP contribution in [-0.2, 0) is 11.3 Å². The molecular formula is C27H36N7O+. The first-order chi connectivity index (χ1) is 16.9. The molecule has 2 N–H and O–H groups in total. The van der Waals surface area contributed by atoms with E-state index in [-0.39, 0.29) is 5.91 Å². The zero-order chi connectivity index (χ0) is 25.4. The summed E-state index contributed by atoms with van der Waals surface area (Å²) in [5.74, 6) is 7.34. The van der Waals surface area contributed by atoms with Crippen molar-refractivity contribution in [2.75, 3.05) is 46.8 Å². The van der Waals surface area contributed by atoms with Gasteiger partial charge in [-0.05, 0) is 25.1 Å². The number of amides is 1. The largest absolute Gasteiger partial charge is 0.370 e. The average molecular weight is 475 g/mol. The van der Waals surface area contributed by atoms with Gasteiger partial charge in [-0.2, -0.15) is 4.99 Å². The Morgan fingerprint density at radius 1 is 1.34 bits per heavy atom. The van der Waals surface area contributed by atoms with Crippen molar-refractivity contribution in [3.05, 3.63) is 65.0 Å². The van der Waals surface area contributed by atoms with Gasteiger partial charge in [0.05, 0.1) is 6.54 Å². The van der Waals surface area contributed by atoms with Crippen molar-refractivity contribution in [3.8, 4) is 11.8 Å². The molecular weight excluding hydrogens is 438 g/mol. The lowest BCUT2D eigenvalue weighted by Gasteiger charge is -2.38. The Labute approximate surface area is 208 Å². The quantitative estimate of drug-likeness (QED) is 0.483. The van der Waals surface area contributed by atoms with Crippen LogP contribution in [0.3, 0.4) is 0 Å². The molecule has 1 aromatic rings. The third-order valence-electron chi connectivity index (χ3n) is 6.02. The van der Waals surface area contributed by atoms with Crippen molar-refractivity contribution in [3.63, 3.8) is 0 Å². The van der Waals surface area contributed by atoms with Gasteiger partial charge in [0.2, 0.25) is 0 Å². The molecule has 0 aliphatic carbocycles. The molecule has 3 heterocycles. The molecule has 0 aromatic carbocycles. The molecule has 35 heavy (non-hydrogen) atoms. The molecule has 1 fully saturated rings. The zero-order valence-electron chi connectivity index (χ0n) is 21.3. The van der Waals surface area contributed by atoms with E-state index in [1.807, 2.05) is 49.0 Å². The molecule has 3 rings (SSSR count). The summed E-state index contributed by atoms with van der Waals surface area (Å²) in [6.45, 7) is 16.1. The molecule has 8 nitrogen and oxygen atoms in total. The fourth-order valence-corrected chi connectivity index (χ4v) is 4.18. The SMILES string of the molecule is C=CC=c1c(C[NH+]2C=NC(N(C)C)=C(N(CC#CC)C(=C)N3CCNCC3)C2=O)nccc1=CC. The summed E-state index contributed by atoms with van der Waals surface area (Å²) >= 11 is 0. The molecule has 1 atom stereocenters. The molecule has 0 radical (unpaired) electrons. The van der Waals surface area contributed by atoms with E-state index in [0.29, 0.717) is 29.5 Å². The lowest BCUT2D eigenvalue weighted by molar-refractivity contribution is -0.728. The van der Waals surface area contributed by atoms with Crippen LogP contribution < -0.4 is 20.7 Å². The minimum atomic E-state index is -0.0879. The molecule has 0 bridgehead atoms. The summed E-state index contributed by atoms with van der Waals surface area (Å²) in [6, 6.07) is 1.96. The first-order valence-electron chi connectivity index (χ1n) is 11.8. The van der Waals surface area contributed by atoms with Crippen LogP contribution in [0.1, 0.15) is 19.5 Å². The summed E-state index contributed by atoms with van der Waals surface area (Å²) in [7, 11) is 3.78. The lowest BCUT2D eigenvalue weighted by atomic mass is 10.2. The number of nitrogens with zero attached hydrogens (tertiary/aromatic N) is 5. The number of hydrogen-bond donors (Lipinski definition) is 2. The standard InChI is InChI=1S/C27H35N7O/c1-7-10-16-34(21(4)32-17-14-28-15-18-32)25-26(31(5)6)30-20-33(27(25)35)19-24-23(11-8-2)22(9-3)12-13-29-24/h8-9,11-13,20,28H,2,4,14-19H2,1,3,5-6H3/p+1. The van der Waals surface area contributed by atoms with Gasteiger partial charge in [0.15, 0.2) is 17.9 Å². The van der Waals surface area contributed by atoms with E-state index in [1.165, 1.54) is 0 Å². The minimum Gasteiger partial charge on any atom is -0.361 e. The number of rotatable bonds is 8. The topological polar surface area (TPSA) is 68.5 Å². The third kappa shape index (κ3) is 5.88. The normalized spacial score (nSPS) is 18.9. The summed E-state index contributed by atoms with van der Waals surface area (Å²) in [5.41, 5.74) is 1.30. The Morgan fingerprint density at radius 2 is 2.09 bits per heavy atom. The Hall–Kier alpha value is -3.67. The van der Waals surface area contributed by atoms with Gasteiger partial charge in [-0.3, -0.25) is 4.98 Å². The summed E-state index contributed by atoms with van der Waals surface area (Å²) < 4.78 is 0. The molecule has 2 aliphatic rings. The molecule has 1 saturated heterocycles. The van der Waals surface area contributed by atoms with Crippen LogP contribution in [0.15, 0.2) is 53.8 Å². The van der Waals surface area contributed by atoms with Gasteiger partial charge in [-0.1, -0.05) is 37.3 Å². The first kappa shape index (κ1) is 25.9. The molecule has 2 aliphatic heterocycles. The van der Waals surface area contributed by atoms with Crippen molar-refractivity contribution >= 4 is 24.4 Å². The van der Waals surface area contributed by atoms with E-state index >= 15 is 0 Å². The van der Waals surface area contributed by atoms with Crippen LogP contribution in [0.4, 0.5) is 0 Å². The highest BCUT2D eigenvalue weighted by molar-refractivity contribution is 5.92. The number of aromatic nitrogens is 1. The lowest BCUT2D eigenvalue weighted by Crippen LogP contribution is -3.13. The third-order valence-corrected chi connectivity index (χ3v) is 6.02. The Bertz CT molecular complexity index is 1210. The molecule has 0 saturated carbocycles. The van der Waals surface area contributed by atoms with Crippen LogP contribution >= 0.6 is 0 Å². The van der Waals surface area contributed by atoms with Crippen LogP contribution in [0.25, 0.3) is 12.2 Å². The first-order valence-corrected chi connectivity index (χ1v) is 11.8. The van der Waals surface area contributed by atoms with Crippen LogP contribution in [0.5, 0.6) is 0 Å². The average Bonchev–Trinajstić information content (AvgIpc) is 2.87. The van der Waals surface area contributed by atoms with Gasteiger partial charge in [-0.15, -0.1) is 5.92 Å². The van der Waals surface area contributed by atoms with E-state index in [1.54, 1.807) is 25.5 Å². The van der Waals surface area contributed by atoms with Crippen molar-refractivity contribution in [2.24, 2.45) is 4.99 Å². The van der Waals surface area contributed by atoms with Gasteiger partial charge in [0.25, 0.3) is 0 Å². The van der Waals surface area contributed by atoms with Gasteiger partial charge < -0.3 is 20.0 Å². The van der Waals surface area contributed by atoms with Crippen LogP contribution in [0.2, 0.25) is 0 Å². The smallest absolute Gasteiger partial charge is 0.361 e. The number of allylic oxidation sites excluding steroid dienone is 1. The van der Waals surface area contributed by atoms with E-state index < -0.39 is 0 Å². The fourth-order valence-electron chi connectivity index (χ4n) is 4.18. The van der Waals surface area contributed by atoms with Gasteiger partial charge in [0, 0.05) is 51.7 Å². The fraction of sp³-hybridized carbons (Fsp3) is 0.370. The summed E-state index contributed by atoms with van der Waals surface area (Å²) in [4.78, 5) is 29.9. The van der Waals surface area contributed by atoms with E-state index in [9.17, 15) is 4.79 Å². The minimum absolute atomic E-state index is 0.0879. The molecule has 184 valence electrons. The second kappa shape index (κ2) is 12.2. The van der Waals surface area contributed by atoms with Gasteiger partial charge in [-0.25, -0.2) is 9.69 Å². The number of piperazine rings is 1.